The molecule has 1 amide bonds. The number of nitrogens with one attached hydrogen (secondary N) is 1. The molecule has 2 N–H and O–H groups in total. The van der Waals surface area contributed by atoms with Gasteiger partial charge in [-0.2, -0.15) is 22.8 Å². The SMILES string of the molecule is N#CC1(O)CC(NC(=O)C(F)(F)F)(c2ccc(-n3nc(-c4ncccn4)[n+]4ccc5ncc(-c6ccccc6)cc5c34)cc2)C1. The maximum Gasteiger partial charge on any atom is 0.471 e. The van der Waals surface area contributed by atoms with Crippen LogP contribution in [0.5, 0.6) is 0 Å². The number of carbonyl (C=O) groups excluding carboxylic acids is 1. The van der Waals surface area contributed by atoms with E-state index in [2.05, 4.69) is 9.97 Å². The zero-order chi connectivity index (χ0) is 31.4. The number of halogens is 3. The number of hydrogen-bond donors (Lipinski definition) is 2. The lowest BCUT2D eigenvalue weighted by molar-refractivity contribution is -0.499. The summed E-state index contributed by atoms with van der Waals surface area (Å²) in [5.41, 5.74) is 0.595. The summed E-state index contributed by atoms with van der Waals surface area (Å²) in [7, 11) is 0. The molecule has 0 radical (unpaired) electrons. The maximum absolute atomic E-state index is 13.2. The molecular formula is C32H22F3N8O2+. The van der Waals surface area contributed by atoms with Crippen molar-refractivity contribution in [2.45, 2.75) is 30.2 Å². The molecule has 45 heavy (non-hydrogen) atoms. The third-order valence-electron chi connectivity index (χ3n) is 7.94. The zero-order valence-electron chi connectivity index (χ0n) is 23.3. The first-order chi connectivity index (χ1) is 21.6. The first kappa shape index (κ1) is 28.1. The van der Waals surface area contributed by atoms with E-state index in [1.165, 1.54) is 0 Å². The number of hydrogen-bond acceptors (Lipinski definition) is 7. The van der Waals surface area contributed by atoms with Crippen molar-refractivity contribution < 1.29 is 27.5 Å². The smallest absolute Gasteiger partial charge is 0.375 e. The molecule has 2 aromatic carbocycles. The highest BCUT2D eigenvalue weighted by atomic mass is 19.4. The van der Waals surface area contributed by atoms with E-state index >= 15 is 0 Å². The van der Waals surface area contributed by atoms with Crippen molar-refractivity contribution >= 4 is 22.5 Å². The largest absolute Gasteiger partial charge is 0.471 e. The van der Waals surface area contributed by atoms with Gasteiger partial charge in [-0.05, 0) is 41.5 Å². The van der Waals surface area contributed by atoms with Crippen LogP contribution in [0, 0.1) is 11.3 Å². The molecule has 0 saturated heterocycles. The fourth-order valence-corrected chi connectivity index (χ4v) is 5.85. The predicted octanol–water partition coefficient (Wildman–Crippen LogP) is 4.21. The average Bonchev–Trinajstić information content (AvgIpc) is 3.44. The van der Waals surface area contributed by atoms with Crippen LogP contribution in [0.25, 0.3) is 45.0 Å². The van der Waals surface area contributed by atoms with Crippen LogP contribution in [0.1, 0.15) is 18.4 Å². The summed E-state index contributed by atoms with van der Waals surface area (Å²) in [5.74, 6) is -1.34. The molecule has 6 aromatic rings. The molecule has 10 nitrogen and oxygen atoms in total. The summed E-state index contributed by atoms with van der Waals surface area (Å²) in [4.78, 5) is 25.4. The molecule has 1 aliphatic rings. The summed E-state index contributed by atoms with van der Waals surface area (Å²) in [5, 5.41) is 27.3. The van der Waals surface area contributed by atoms with Gasteiger partial charge < -0.3 is 10.4 Å². The van der Waals surface area contributed by atoms with Crippen LogP contribution in [0.4, 0.5) is 13.2 Å². The molecule has 1 fully saturated rings. The Balaban J connectivity index is 1.38. The molecule has 7 rings (SSSR count). The molecule has 0 aliphatic heterocycles. The van der Waals surface area contributed by atoms with E-state index in [0.29, 0.717) is 34.1 Å². The molecule has 1 aliphatic carbocycles. The zero-order valence-corrected chi connectivity index (χ0v) is 23.3. The maximum atomic E-state index is 13.2. The monoisotopic (exact) mass is 607 g/mol. The lowest BCUT2D eigenvalue weighted by Gasteiger charge is -2.50. The second kappa shape index (κ2) is 10.2. The van der Waals surface area contributed by atoms with Crippen LogP contribution < -0.4 is 9.72 Å². The van der Waals surface area contributed by atoms with Gasteiger partial charge in [0.15, 0.2) is 5.60 Å². The summed E-state index contributed by atoms with van der Waals surface area (Å²) in [6.45, 7) is 0. The molecule has 4 heterocycles. The Morgan fingerprint density at radius 2 is 1.69 bits per heavy atom. The average molecular weight is 608 g/mol. The Kier molecular flexibility index (Phi) is 6.34. The van der Waals surface area contributed by atoms with Crippen LogP contribution in [-0.4, -0.2) is 47.5 Å². The summed E-state index contributed by atoms with van der Waals surface area (Å²) in [6.07, 6.45) is 0.888. The van der Waals surface area contributed by atoms with E-state index in [0.717, 1.165) is 16.5 Å². The number of pyridine rings is 2. The van der Waals surface area contributed by atoms with Gasteiger partial charge in [0.05, 0.1) is 33.8 Å². The fraction of sp³-hybridized carbons (Fsp3) is 0.156. The van der Waals surface area contributed by atoms with Crippen molar-refractivity contribution in [3.05, 3.63) is 103 Å². The fourth-order valence-electron chi connectivity index (χ4n) is 5.85. The van der Waals surface area contributed by atoms with Crippen LogP contribution in [0.3, 0.4) is 0 Å². The summed E-state index contributed by atoms with van der Waals surface area (Å²) >= 11 is 0. The third kappa shape index (κ3) is 4.81. The van der Waals surface area contributed by atoms with Gasteiger partial charge in [-0.3, -0.25) is 9.78 Å². The lowest BCUT2D eigenvalue weighted by Crippen LogP contribution is -2.64. The normalized spacial score (nSPS) is 19.6. The van der Waals surface area contributed by atoms with E-state index in [1.807, 2.05) is 58.4 Å². The topological polar surface area (TPSA) is 134 Å². The number of aliphatic hydroxyl groups is 1. The first-order valence-corrected chi connectivity index (χ1v) is 13.8. The molecule has 4 aromatic heterocycles. The molecule has 0 atom stereocenters. The molecule has 222 valence electrons. The van der Waals surface area contributed by atoms with Gasteiger partial charge in [0.1, 0.15) is 5.69 Å². The van der Waals surface area contributed by atoms with Gasteiger partial charge >= 0.3 is 17.9 Å². The highest BCUT2D eigenvalue weighted by Crippen LogP contribution is 2.48. The van der Waals surface area contributed by atoms with Gasteiger partial charge in [-0.25, -0.2) is 9.97 Å². The minimum atomic E-state index is -5.14. The van der Waals surface area contributed by atoms with Gasteiger partial charge in [0.25, 0.3) is 5.65 Å². The third-order valence-corrected chi connectivity index (χ3v) is 7.94. The van der Waals surface area contributed by atoms with Gasteiger partial charge in [0.2, 0.25) is 5.82 Å². The van der Waals surface area contributed by atoms with E-state index < -0.39 is 36.1 Å². The van der Waals surface area contributed by atoms with E-state index in [9.17, 15) is 28.3 Å². The number of rotatable bonds is 5. The van der Waals surface area contributed by atoms with E-state index in [1.54, 1.807) is 59.7 Å². The minimum Gasteiger partial charge on any atom is -0.375 e. The number of aromatic nitrogens is 6. The molecule has 1 saturated carbocycles. The minimum absolute atomic E-state index is 0.303. The predicted molar refractivity (Wildman–Crippen MR) is 154 cm³/mol. The molecule has 13 heteroatoms. The Morgan fingerprint density at radius 1 is 0.978 bits per heavy atom. The molecule has 0 unspecified atom stereocenters. The summed E-state index contributed by atoms with van der Waals surface area (Å²) < 4.78 is 43.1. The van der Waals surface area contributed by atoms with Gasteiger partial charge in [0, 0.05) is 37.0 Å². The number of fused-ring (bicyclic) bond motifs is 3. The second-order valence-electron chi connectivity index (χ2n) is 10.9. The quantitative estimate of drug-likeness (QED) is 0.222. The number of nitrogens with zero attached hydrogens (tertiary/aromatic N) is 7. The number of amides is 1. The Hall–Kier alpha value is -5.74. The Morgan fingerprint density at radius 3 is 2.36 bits per heavy atom. The van der Waals surface area contributed by atoms with Crippen LogP contribution in [-0.2, 0) is 10.3 Å². The number of carbonyl (C=O) groups is 1. The van der Waals surface area contributed by atoms with Crippen LogP contribution in [0.2, 0.25) is 0 Å². The van der Waals surface area contributed by atoms with Crippen molar-refractivity contribution in [1.82, 2.24) is 30.0 Å². The Bertz CT molecular complexity index is 2120. The number of benzene rings is 2. The second-order valence-corrected chi connectivity index (χ2v) is 10.9. The number of nitriles is 1. The van der Waals surface area contributed by atoms with Crippen molar-refractivity contribution in [1.29, 1.82) is 5.26 Å². The summed E-state index contributed by atoms with van der Waals surface area (Å²) in [6, 6.07) is 23.5. The standard InChI is InChI=1S/C32H21F3N8O2/c33-32(34,35)29(44)40-31(17-30(45,18-31)19-36)22-7-9-23(10-8-22)43-28-24-15-21(20-5-2-1-3-6-20)16-39-25(24)11-14-42(28)27(41-43)26-37-12-4-13-38-26/h1-16,45H,17-18H2/p+1. The van der Waals surface area contributed by atoms with Crippen molar-refractivity contribution in [3.63, 3.8) is 0 Å². The van der Waals surface area contributed by atoms with Crippen LogP contribution in [0.15, 0.2) is 97.6 Å². The molecular weight excluding hydrogens is 585 g/mol. The van der Waals surface area contributed by atoms with Crippen LogP contribution >= 0.6 is 0 Å². The number of alkyl halides is 3. The lowest BCUT2D eigenvalue weighted by atomic mass is 9.62. The highest BCUT2D eigenvalue weighted by molar-refractivity contribution is 5.93. The van der Waals surface area contributed by atoms with Crippen molar-refractivity contribution in [2.75, 3.05) is 0 Å². The first-order valence-electron chi connectivity index (χ1n) is 13.8. The Labute approximate surface area is 253 Å². The van der Waals surface area contributed by atoms with Crippen molar-refractivity contribution in [2.24, 2.45) is 0 Å². The van der Waals surface area contributed by atoms with E-state index in [-0.39, 0.29) is 0 Å². The molecule has 0 bridgehead atoms. The van der Waals surface area contributed by atoms with Gasteiger partial charge in [-0.15, -0.1) is 0 Å². The highest BCUT2D eigenvalue weighted by Gasteiger charge is 2.58. The molecule has 0 spiro atoms. The van der Waals surface area contributed by atoms with Crippen molar-refractivity contribution in [3.8, 4) is 34.5 Å². The van der Waals surface area contributed by atoms with Gasteiger partial charge in [-0.1, -0.05) is 47.1 Å². The van der Waals surface area contributed by atoms with E-state index in [4.69, 9.17) is 10.1 Å².